The van der Waals surface area contributed by atoms with Gasteiger partial charge in [0.15, 0.2) is 0 Å². The van der Waals surface area contributed by atoms with Crippen molar-refractivity contribution in [2.75, 3.05) is 18.0 Å². The van der Waals surface area contributed by atoms with Crippen molar-refractivity contribution in [1.29, 1.82) is 0 Å². The number of anilines is 1. The van der Waals surface area contributed by atoms with Crippen LogP contribution in [0.1, 0.15) is 18.4 Å². The molecule has 1 aliphatic rings. The van der Waals surface area contributed by atoms with Gasteiger partial charge in [0.05, 0.1) is 0 Å². The van der Waals surface area contributed by atoms with E-state index >= 15 is 0 Å². The second-order valence-electron chi connectivity index (χ2n) is 4.13. The van der Waals surface area contributed by atoms with Gasteiger partial charge in [-0.2, -0.15) is 0 Å². The third-order valence-electron chi connectivity index (χ3n) is 2.81. The summed E-state index contributed by atoms with van der Waals surface area (Å²) in [5.41, 5.74) is 7.97. The van der Waals surface area contributed by atoms with Gasteiger partial charge in [-0.3, -0.25) is 0 Å². The molecular weight excluding hydrogens is 204 g/mol. The molecule has 0 saturated carbocycles. The lowest BCUT2D eigenvalue weighted by Crippen LogP contribution is -2.23. The van der Waals surface area contributed by atoms with Gasteiger partial charge in [-0.1, -0.05) is 6.07 Å². The summed E-state index contributed by atoms with van der Waals surface area (Å²) in [5, 5.41) is 3.51. The lowest BCUT2D eigenvalue weighted by molar-refractivity contribution is 0.674. The van der Waals surface area contributed by atoms with Crippen LogP contribution in [-0.4, -0.2) is 18.3 Å². The Morgan fingerprint density at radius 1 is 1.53 bits per heavy atom. The lowest BCUT2D eigenvalue weighted by atomic mass is 10.2. The molecule has 1 heterocycles. The summed E-state index contributed by atoms with van der Waals surface area (Å²) in [6.45, 7) is 3.32. The van der Waals surface area contributed by atoms with E-state index < -0.39 is 0 Å². The van der Waals surface area contributed by atoms with E-state index in [-0.39, 0.29) is 0 Å². The average Bonchev–Trinajstić information content (AvgIpc) is 2.72. The van der Waals surface area contributed by atoms with E-state index in [4.69, 9.17) is 5.73 Å². The second-order valence-corrected chi connectivity index (χ2v) is 5.19. The number of nitrogens with two attached hydrogens (primary N) is 1. The van der Waals surface area contributed by atoms with Crippen LogP contribution in [-0.2, 0) is 0 Å². The van der Waals surface area contributed by atoms with Gasteiger partial charge < -0.3 is 11.1 Å². The maximum Gasteiger partial charge on any atom is 0.0325 e. The minimum Gasteiger partial charge on any atom is -0.399 e. The largest absolute Gasteiger partial charge is 0.399 e. The van der Waals surface area contributed by atoms with E-state index in [1.165, 1.54) is 29.8 Å². The van der Waals surface area contributed by atoms with E-state index in [0.29, 0.717) is 6.04 Å². The highest BCUT2D eigenvalue weighted by Gasteiger charge is 2.14. The standard InChI is InChI=1S/C12H18N2S/c1-9-4-5-10(13)7-12(9)15-8-11-3-2-6-14-11/h4-5,7,11,14H,2-3,6,8,13H2,1H3. The van der Waals surface area contributed by atoms with E-state index in [1.54, 1.807) is 0 Å². The summed E-state index contributed by atoms with van der Waals surface area (Å²) < 4.78 is 0. The van der Waals surface area contributed by atoms with E-state index in [1.807, 2.05) is 17.8 Å². The molecule has 1 aliphatic heterocycles. The molecule has 1 aromatic carbocycles. The first-order chi connectivity index (χ1) is 7.25. The molecule has 0 amide bonds. The Morgan fingerprint density at radius 3 is 3.13 bits per heavy atom. The normalized spacial score (nSPS) is 20.7. The number of nitrogens with one attached hydrogen (secondary N) is 1. The summed E-state index contributed by atoms with van der Waals surface area (Å²) in [6, 6.07) is 6.83. The molecule has 2 rings (SSSR count). The van der Waals surface area contributed by atoms with Crippen molar-refractivity contribution < 1.29 is 0 Å². The topological polar surface area (TPSA) is 38.0 Å². The molecule has 3 N–H and O–H groups in total. The maximum atomic E-state index is 5.78. The zero-order valence-electron chi connectivity index (χ0n) is 9.12. The fourth-order valence-corrected chi connectivity index (χ4v) is 3.04. The fourth-order valence-electron chi connectivity index (χ4n) is 1.86. The van der Waals surface area contributed by atoms with Gasteiger partial charge in [0.2, 0.25) is 0 Å². The molecule has 1 atom stereocenters. The van der Waals surface area contributed by atoms with Crippen molar-refractivity contribution in [2.45, 2.75) is 30.7 Å². The number of nitrogen functional groups attached to an aromatic ring is 1. The molecule has 0 radical (unpaired) electrons. The Morgan fingerprint density at radius 2 is 2.40 bits per heavy atom. The molecule has 0 bridgehead atoms. The lowest BCUT2D eigenvalue weighted by Gasteiger charge is -2.11. The Bertz CT molecular complexity index is 332. The first-order valence-corrected chi connectivity index (χ1v) is 6.46. The molecule has 1 aromatic rings. The smallest absolute Gasteiger partial charge is 0.0325 e. The van der Waals surface area contributed by atoms with Crippen molar-refractivity contribution in [3.63, 3.8) is 0 Å². The van der Waals surface area contributed by atoms with Crippen LogP contribution in [0.15, 0.2) is 23.1 Å². The number of hydrogen-bond donors (Lipinski definition) is 2. The van der Waals surface area contributed by atoms with Crippen LogP contribution in [0.25, 0.3) is 0 Å². The minimum absolute atomic E-state index is 0.691. The van der Waals surface area contributed by atoms with E-state index in [0.717, 1.165) is 11.4 Å². The van der Waals surface area contributed by atoms with Crippen molar-refractivity contribution in [1.82, 2.24) is 5.32 Å². The number of aryl methyl sites for hydroxylation is 1. The molecule has 0 aliphatic carbocycles. The first-order valence-electron chi connectivity index (χ1n) is 5.48. The number of rotatable bonds is 3. The predicted octanol–water partition coefficient (Wildman–Crippen LogP) is 2.42. The summed E-state index contributed by atoms with van der Waals surface area (Å²) in [6.07, 6.45) is 2.63. The van der Waals surface area contributed by atoms with Crippen LogP contribution >= 0.6 is 11.8 Å². The van der Waals surface area contributed by atoms with E-state index in [9.17, 15) is 0 Å². The number of thioether (sulfide) groups is 1. The Hall–Kier alpha value is -0.670. The highest BCUT2D eigenvalue weighted by atomic mass is 32.2. The maximum absolute atomic E-state index is 5.78. The van der Waals surface area contributed by atoms with Crippen LogP contribution in [0.5, 0.6) is 0 Å². The van der Waals surface area contributed by atoms with Crippen molar-refractivity contribution in [2.24, 2.45) is 0 Å². The Labute approximate surface area is 95.6 Å². The van der Waals surface area contributed by atoms with Crippen LogP contribution < -0.4 is 11.1 Å². The molecule has 0 aromatic heterocycles. The number of benzene rings is 1. The summed E-state index contributed by atoms with van der Waals surface area (Å²) >= 11 is 1.92. The summed E-state index contributed by atoms with van der Waals surface area (Å²) in [4.78, 5) is 1.32. The molecule has 1 fully saturated rings. The van der Waals surface area contributed by atoms with Gasteiger partial charge >= 0.3 is 0 Å². The zero-order valence-corrected chi connectivity index (χ0v) is 9.94. The van der Waals surface area contributed by atoms with Crippen molar-refractivity contribution in [3.8, 4) is 0 Å². The fraction of sp³-hybridized carbons (Fsp3) is 0.500. The molecule has 1 saturated heterocycles. The third kappa shape index (κ3) is 2.89. The second kappa shape index (κ2) is 4.90. The van der Waals surface area contributed by atoms with Gasteiger partial charge in [-0.25, -0.2) is 0 Å². The van der Waals surface area contributed by atoms with Crippen LogP contribution in [0.2, 0.25) is 0 Å². The van der Waals surface area contributed by atoms with Crippen molar-refractivity contribution >= 4 is 17.4 Å². The quantitative estimate of drug-likeness (QED) is 0.609. The Kier molecular flexibility index (Phi) is 3.54. The van der Waals surface area contributed by atoms with Crippen molar-refractivity contribution in [3.05, 3.63) is 23.8 Å². The molecule has 82 valence electrons. The highest BCUT2D eigenvalue weighted by Crippen LogP contribution is 2.26. The summed E-state index contributed by atoms with van der Waals surface area (Å²) in [7, 11) is 0. The predicted molar refractivity (Wildman–Crippen MR) is 67.3 cm³/mol. The zero-order chi connectivity index (χ0) is 10.7. The van der Waals surface area contributed by atoms with Gasteiger partial charge in [-0.15, -0.1) is 11.8 Å². The molecule has 0 spiro atoms. The number of hydrogen-bond acceptors (Lipinski definition) is 3. The first kappa shape index (κ1) is 10.8. The SMILES string of the molecule is Cc1ccc(N)cc1SCC1CCCN1. The molecule has 3 heteroatoms. The van der Waals surface area contributed by atoms with Gasteiger partial charge in [-0.05, 0) is 44.0 Å². The third-order valence-corrected chi connectivity index (χ3v) is 4.13. The van der Waals surface area contributed by atoms with Crippen LogP contribution in [0, 0.1) is 6.92 Å². The van der Waals surface area contributed by atoms with E-state index in [2.05, 4.69) is 24.4 Å². The molecular formula is C12H18N2S. The van der Waals surface area contributed by atoms with Gasteiger partial charge in [0.25, 0.3) is 0 Å². The monoisotopic (exact) mass is 222 g/mol. The summed E-state index contributed by atoms with van der Waals surface area (Å²) in [5.74, 6) is 1.16. The van der Waals surface area contributed by atoms with Gasteiger partial charge in [0, 0.05) is 22.4 Å². The molecule has 15 heavy (non-hydrogen) atoms. The Balaban J connectivity index is 1.94. The van der Waals surface area contributed by atoms with Crippen LogP contribution in [0.4, 0.5) is 5.69 Å². The van der Waals surface area contributed by atoms with Crippen LogP contribution in [0.3, 0.4) is 0 Å². The van der Waals surface area contributed by atoms with Gasteiger partial charge in [0.1, 0.15) is 0 Å². The average molecular weight is 222 g/mol. The highest BCUT2D eigenvalue weighted by molar-refractivity contribution is 7.99. The molecule has 1 unspecified atom stereocenters. The minimum atomic E-state index is 0.691. The molecule has 2 nitrogen and oxygen atoms in total.